The summed E-state index contributed by atoms with van der Waals surface area (Å²) in [5, 5.41) is 1.76. The molecule has 1 aliphatic rings. The third kappa shape index (κ3) is 3.19. The van der Waals surface area contributed by atoms with Crippen LogP contribution in [0.25, 0.3) is 0 Å². The second-order valence-electron chi connectivity index (χ2n) is 6.03. The summed E-state index contributed by atoms with van der Waals surface area (Å²) in [4.78, 5) is 4.17. The molecule has 0 radical (unpaired) electrons. The fourth-order valence-corrected chi connectivity index (χ4v) is 5.47. The highest BCUT2D eigenvalue weighted by atomic mass is 32.2. The van der Waals surface area contributed by atoms with E-state index in [4.69, 9.17) is 0 Å². The van der Waals surface area contributed by atoms with Crippen LogP contribution in [0, 0.1) is 6.92 Å². The van der Waals surface area contributed by atoms with Crippen molar-refractivity contribution in [2.45, 2.75) is 37.4 Å². The Morgan fingerprint density at radius 1 is 1.35 bits per heavy atom. The smallest absolute Gasteiger partial charge is 0.260 e. The van der Waals surface area contributed by atoms with E-state index < -0.39 is 10.0 Å². The van der Waals surface area contributed by atoms with Crippen LogP contribution < -0.4 is 4.31 Å². The number of aryl methyl sites for hydroxylation is 3. The summed E-state index contributed by atoms with van der Waals surface area (Å²) >= 11 is 1.16. The van der Waals surface area contributed by atoms with Gasteiger partial charge in [-0.25, -0.2) is 4.98 Å². The first-order valence-electron chi connectivity index (χ1n) is 7.59. The summed E-state index contributed by atoms with van der Waals surface area (Å²) in [6.45, 7) is 7.78. The van der Waals surface area contributed by atoms with E-state index in [1.165, 1.54) is 15.4 Å². The Kier molecular flexibility index (Phi) is 4.29. The number of fused-ring (bicyclic) bond motifs is 1. The van der Waals surface area contributed by atoms with Gasteiger partial charge in [-0.3, -0.25) is 4.31 Å². The van der Waals surface area contributed by atoms with Gasteiger partial charge in [-0.1, -0.05) is 18.2 Å². The van der Waals surface area contributed by atoms with Gasteiger partial charge in [0.1, 0.15) is 0 Å². The van der Waals surface area contributed by atoms with E-state index in [9.17, 15) is 8.42 Å². The molecule has 1 aliphatic carbocycles. The van der Waals surface area contributed by atoms with Crippen molar-refractivity contribution in [3.05, 3.63) is 52.6 Å². The molecule has 0 fully saturated rings. The highest BCUT2D eigenvalue weighted by Crippen LogP contribution is 2.31. The van der Waals surface area contributed by atoms with Gasteiger partial charge in [-0.05, 0) is 56.4 Å². The molecule has 4 nitrogen and oxygen atoms in total. The molecule has 3 rings (SSSR count). The van der Waals surface area contributed by atoms with E-state index in [0.717, 1.165) is 41.9 Å². The van der Waals surface area contributed by atoms with Gasteiger partial charge in [0.05, 0.1) is 12.2 Å². The van der Waals surface area contributed by atoms with E-state index >= 15 is 0 Å². The number of aromatic nitrogens is 1. The van der Waals surface area contributed by atoms with Crippen LogP contribution in [-0.2, 0) is 22.9 Å². The van der Waals surface area contributed by atoms with E-state index in [1.807, 2.05) is 25.1 Å². The molecule has 6 heteroatoms. The van der Waals surface area contributed by atoms with Gasteiger partial charge in [0, 0.05) is 11.1 Å². The first-order chi connectivity index (χ1) is 10.9. The third-order valence-corrected chi connectivity index (χ3v) is 7.02. The maximum atomic E-state index is 13.0. The average molecular weight is 348 g/mol. The molecule has 1 aromatic carbocycles. The summed E-state index contributed by atoms with van der Waals surface area (Å²) < 4.78 is 27.6. The molecule has 0 atom stereocenters. The van der Waals surface area contributed by atoms with Crippen molar-refractivity contribution >= 4 is 27.0 Å². The van der Waals surface area contributed by atoms with Crippen molar-refractivity contribution in [1.29, 1.82) is 0 Å². The van der Waals surface area contributed by atoms with Gasteiger partial charge < -0.3 is 0 Å². The normalized spacial score (nSPS) is 13.8. The molecular formula is C17H20N2O2S2. The van der Waals surface area contributed by atoms with Crippen molar-refractivity contribution in [2.24, 2.45) is 0 Å². The molecule has 23 heavy (non-hydrogen) atoms. The lowest BCUT2D eigenvalue weighted by Gasteiger charge is -2.24. The predicted molar refractivity (Wildman–Crippen MR) is 94.7 cm³/mol. The molecular weight excluding hydrogens is 328 g/mol. The second kappa shape index (κ2) is 6.09. The number of nitrogens with zero attached hydrogens (tertiary/aromatic N) is 2. The van der Waals surface area contributed by atoms with Crippen molar-refractivity contribution < 1.29 is 8.42 Å². The van der Waals surface area contributed by atoms with Crippen LogP contribution in [0.4, 0.5) is 5.69 Å². The Labute approximate surface area is 141 Å². The quantitative estimate of drug-likeness (QED) is 0.774. The van der Waals surface area contributed by atoms with Crippen LogP contribution in [0.3, 0.4) is 0 Å². The first kappa shape index (κ1) is 16.2. The minimum atomic E-state index is -3.67. The number of rotatable bonds is 5. The zero-order valence-electron chi connectivity index (χ0n) is 13.4. The van der Waals surface area contributed by atoms with Gasteiger partial charge in [-0.15, -0.1) is 11.3 Å². The molecule has 0 saturated heterocycles. The number of sulfonamides is 1. The monoisotopic (exact) mass is 348 g/mol. The van der Waals surface area contributed by atoms with E-state index in [2.05, 4.69) is 11.6 Å². The Bertz CT molecular complexity index is 853. The fourth-order valence-electron chi connectivity index (χ4n) is 2.82. The first-order valence-corrected chi connectivity index (χ1v) is 9.91. The lowest BCUT2D eigenvalue weighted by atomic mass is 10.1. The van der Waals surface area contributed by atoms with Crippen LogP contribution >= 0.6 is 11.3 Å². The molecule has 0 aliphatic heterocycles. The molecule has 0 N–H and O–H groups in total. The van der Waals surface area contributed by atoms with Crippen molar-refractivity contribution in [3.63, 3.8) is 0 Å². The van der Waals surface area contributed by atoms with Crippen molar-refractivity contribution in [1.82, 2.24) is 4.98 Å². The minimum absolute atomic E-state index is 0.136. The standard InChI is InChI=1S/C17H20N2O2S2/c1-12(2)10-19(23(20,21)17-18-13(3)11-22-17)16-8-7-14-5-4-6-15(14)9-16/h7-9,11H,1,4-6,10H2,2-3H3. The van der Waals surface area contributed by atoms with Gasteiger partial charge in [0.2, 0.25) is 4.34 Å². The molecule has 0 amide bonds. The molecule has 0 saturated carbocycles. The summed E-state index contributed by atoms with van der Waals surface area (Å²) in [6.07, 6.45) is 3.23. The molecule has 122 valence electrons. The minimum Gasteiger partial charge on any atom is -0.260 e. The van der Waals surface area contributed by atoms with Crippen LogP contribution in [0.15, 0.2) is 40.1 Å². The lowest BCUT2D eigenvalue weighted by Crippen LogP contribution is -2.32. The molecule has 0 bridgehead atoms. The second-order valence-corrected chi connectivity index (χ2v) is 8.92. The molecule has 1 heterocycles. The zero-order chi connectivity index (χ0) is 16.6. The van der Waals surface area contributed by atoms with E-state index in [0.29, 0.717) is 5.69 Å². The molecule has 1 aromatic heterocycles. The number of hydrogen-bond acceptors (Lipinski definition) is 4. The van der Waals surface area contributed by atoms with E-state index in [-0.39, 0.29) is 10.9 Å². The summed E-state index contributed by atoms with van der Waals surface area (Å²) in [6, 6.07) is 5.94. The molecule has 0 unspecified atom stereocenters. The van der Waals surface area contributed by atoms with Gasteiger partial charge >= 0.3 is 0 Å². The van der Waals surface area contributed by atoms with Crippen LogP contribution in [0.5, 0.6) is 0 Å². The van der Waals surface area contributed by atoms with Crippen LogP contribution in [-0.4, -0.2) is 19.9 Å². The lowest BCUT2D eigenvalue weighted by molar-refractivity contribution is 0.591. The largest absolute Gasteiger partial charge is 0.291 e. The topological polar surface area (TPSA) is 50.3 Å². The summed E-state index contributed by atoms with van der Waals surface area (Å²) in [5.41, 5.74) is 4.79. The average Bonchev–Trinajstić information content (AvgIpc) is 3.12. The fraction of sp³-hybridized carbons (Fsp3) is 0.353. The Morgan fingerprint density at radius 2 is 2.09 bits per heavy atom. The van der Waals surface area contributed by atoms with Crippen molar-refractivity contribution in [2.75, 3.05) is 10.8 Å². The van der Waals surface area contributed by atoms with E-state index in [1.54, 1.807) is 12.3 Å². The number of anilines is 1. The maximum absolute atomic E-state index is 13.0. The summed E-state index contributed by atoms with van der Waals surface area (Å²) in [7, 11) is -3.67. The Balaban J connectivity index is 2.06. The number of hydrogen-bond donors (Lipinski definition) is 0. The number of thiazole rings is 1. The molecule has 2 aromatic rings. The van der Waals surface area contributed by atoms with Gasteiger partial charge in [0.25, 0.3) is 10.0 Å². The maximum Gasteiger partial charge on any atom is 0.291 e. The van der Waals surface area contributed by atoms with Gasteiger partial charge in [-0.2, -0.15) is 8.42 Å². The SMILES string of the molecule is C=C(C)CN(c1ccc2c(c1)CCC2)S(=O)(=O)c1nc(C)cs1. The van der Waals surface area contributed by atoms with Crippen LogP contribution in [0.2, 0.25) is 0 Å². The van der Waals surface area contributed by atoms with Gasteiger partial charge in [0.15, 0.2) is 0 Å². The van der Waals surface area contributed by atoms with Crippen LogP contribution in [0.1, 0.15) is 30.2 Å². The highest BCUT2D eigenvalue weighted by Gasteiger charge is 2.28. The number of benzene rings is 1. The summed E-state index contributed by atoms with van der Waals surface area (Å²) in [5.74, 6) is 0. The Hall–Kier alpha value is -1.66. The van der Waals surface area contributed by atoms with Crippen molar-refractivity contribution in [3.8, 4) is 0 Å². The molecule has 0 spiro atoms. The third-order valence-electron chi connectivity index (χ3n) is 3.89. The highest BCUT2D eigenvalue weighted by molar-refractivity contribution is 7.94. The zero-order valence-corrected chi connectivity index (χ0v) is 15.0. The Morgan fingerprint density at radius 3 is 2.74 bits per heavy atom. The predicted octanol–water partition coefficient (Wildman–Crippen LogP) is 3.71.